The lowest BCUT2D eigenvalue weighted by Gasteiger charge is -2.25. The van der Waals surface area contributed by atoms with E-state index in [2.05, 4.69) is 32.9 Å². The van der Waals surface area contributed by atoms with E-state index in [1.807, 2.05) is 26.0 Å². The van der Waals surface area contributed by atoms with Gasteiger partial charge in [0.1, 0.15) is 5.75 Å². The average molecular weight is 340 g/mol. The lowest BCUT2D eigenvalue weighted by Crippen LogP contribution is -2.39. The predicted octanol–water partition coefficient (Wildman–Crippen LogP) is 4.57. The number of amides is 1. The van der Waals surface area contributed by atoms with Gasteiger partial charge in [0.2, 0.25) is 5.91 Å². The second-order valence-electron chi connectivity index (χ2n) is 5.03. The van der Waals surface area contributed by atoms with Gasteiger partial charge in [0.05, 0.1) is 20.3 Å². The quantitative estimate of drug-likeness (QED) is 0.792. The van der Waals surface area contributed by atoms with Gasteiger partial charge in [0.25, 0.3) is 0 Å². The maximum atomic E-state index is 10.7. The van der Waals surface area contributed by atoms with Gasteiger partial charge in [-0.2, -0.15) is 0 Å². The molecule has 2 rings (SSSR count). The van der Waals surface area contributed by atoms with E-state index in [4.69, 9.17) is 9.47 Å². The maximum absolute atomic E-state index is 10.7. The Morgan fingerprint density at radius 3 is 1.83 bits per heavy atom. The molecule has 1 aliphatic heterocycles. The summed E-state index contributed by atoms with van der Waals surface area (Å²) < 4.78 is 10.1. The van der Waals surface area contributed by atoms with Gasteiger partial charge < -0.3 is 14.4 Å². The molecule has 0 aromatic heterocycles. The molecule has 4 nitrogen and oxygen atoms in total. The Morgan fingerprint density at radius 1 is 1.08 bits per heavy atom. The van der Waals surface area contributed by atoms with Crippen LogP contribution in [-0.4, -0.2) is 44.2 Å². The Balaban J connectivity index is 0. The second-order valence-corrected chi connectivity index (χ2v) is 5.03. The molecule has 0 bridgehead atoms. The Morgan fingerprint density at radius 2 is 1.54 bits per heavy atom. The van der Waals surface area contributed by atoms with Crippen molar-refractivity contribution in [3.8, 4) is 5.75 Å². The molecular formula is C20H37NO3. The molecule has 1 saturated heterocycles. The smallest absolute Gasteiger partial charge is 0.219 e. The molecule has 1 heterocycles. The number of morpholine rings is 1. The van der Waals surface area contributed by atoms with Crippen LogP contribution in [0.25, 0.3) is 0 Å². The minimum absolute atomic E-state index is 0.151. The van der Waals surface area contributed by atoms with Crippen LogP contribution in [0.4, 0.5) is 0 Å². The van der Waals surface area contributed by atoms with E-state index < -0.39 is 0 Å². The number of rotatable bonds is 2. The van der Waals surface area contributed by atoms with Gasteiger partial charge >= 0.3 is 0 Å². The number of carbonyl (C=O) groups excluding carboxylic acids is 1. The zero-order valence-corrected chi connectivity index (χ0v) is 16.7. The minimum atomic E-state index is 0.151. The molecule has 4 heteroatoms. The molecule has 0 atom stereocenters. The predicted molar refractivity (Wildman–Crippen MR) is 103 cm³/mol. The highest BCUT2D eigenvalue weighted by atomic mass is 16.5. The van der Waals surface area contributed by atoms with Crippen molar-refractivity contribution in [2.24, 2.45) is 0 Å². The van der Waals surface area contributed by atoms with E-state index in [0.29, 0.717) is 13.2 Å². The summed E-state index contributed by atoms with van der Waals surface area (Å²) in [5, 5.41) is 0. The van der Waals surface area contributed by atoms with Crippen molar-refractivity contribution in [1.29, 1.82) is 0 Å². The van der Waals surface area contributed by atoms with Gasteiger partial charge in [-0.25, -0.2) is 0 Å². The first kappa shape index (κ1) is 24.7. The molecule has 1 fully saturated rings. The first-order chi connectivity index (χ1) is 11.6. The first-order valence-corrected chi connectivity index (χ1v) is 9.05. The zero-order chi connectivity index (χ0) is 18.8. The third-order valence-corrected chi connectivity index (χ3v) is 3.02. The fraction of sp³-hybridized carbons (Fsp3) is 0.650. The van der Waals surface area contributed by atoms with Crippen molar-refractivity contribution in [3.05, 3.63) is 29.8 Å². The third-order valence-electron chi connectivity index (χ3n) is 3.02. The molecule has 0 aliphatic carbocycles. The van der Waals surface area contributed by atoms with Crippen LogP contribution in [0.5, 0.6) is 5.75 Å². The lowest BCUT2D eigenvalue weighted by molar-refractivity contribution is -0.132. The molecule has 0 radical (unpaired) electrons. The van der Waals surface area contributed by atoms with Crippen LogP contribution in [0, 0.1) is 0 Å². The fourth-order valence-corrected chi connectivity index (χ4v) is 1.74. The van der Waals surface area contributed by atoms with Crippen LogP contribution < -0.4 is 4.74 Å². The van der Waals surface area contributed by atoms with E-state index in [1.54, 1.807) is 18.9 Å². The fourth-order valence-electron chi connectivity index (χ4n) is 1.74. The highest BCUT2D eigenvalue weighted by Crippen LogP contribution is 2.10. The van der Waals surface area contributed by atoms with E-state index in [0.717, 1.165) is 25.3 Å². The van der Waals surface area contributed by atoms with Crippen LogP contribution in [0.3, 0.4) is 0 Å². The highest BCUT2D eigenvalue weighted by Gasteiger charge is 2.11. The lowest BCUT2D eigenvalue weighted by atomic mass is 10.2. The Bertz CT molecular complexity index is 361. The van der Waals surface area contributed by atoms with E-state index in [9.17, 15) is 4.79 Å². The molecule has 24 heavy (non-hydrogen) atoms. The summed E-state index contributed by atoms with van der Waals surface area (Å²) >= 11 is 0. The summed E-state index contributed by atoms with van der Waals surface area (Å²) in [6.07, 6.45) is 2.34. The Hall–Kier alpha value is -1.55. The SMILES string of the molecule is CC.CC(=O)N1CCOCC1.CCC.CCc1ccc(OC)cc1. The summed E-state index contributed by atoms with van der Waals surface area (Å²) in [6.45, 7) is 14.9. The Labute approximate surface area is 149 Å². The van der Waals surface area contributed by atoms with Crippen molar-refractivity contribution in [3.63, 3.8) is 0 Å². The van der Waals surface area contributed by atoms with E-state index in [-0.39, 0.29) is 5.91 Å². The normalized spacial score (nSPS) is 12.4. The molecule has 0 N–H and O–H groups in total. The van der Waals surface area contributed by atoms with Crippen molar-refractivity contribution in [2.45, 2.75) is 54.4 Å². The molecule has 0 unspecified atom stereocenters. The number of methoxy groups -OCH3 is 1. The summed E-state index contributed by atoms with van der Waals surface area (Å²) in [5.41, 5.74) is 1.35. The number of carbonyl (C=O) groups is 1. The number of aryl methyl sites for hydroxylation is 1. The first-order valence-electron chi connectivity index (χ1n) is 9.05. The number of hydrogen-bond donors (Lipinski definition) is 0. The topological polar surface area (TPSA) is 38.8 Å². The number of hydrogen-bond acceptors (Lipinski definition) is 3. The average Bonchev–Trinajstić information content (AvgIpc) is 2.65. The third kappa shape index (κ3) is 12.9. The number of benzene rings is 1. The molecule has 1 amide bonds. The van der Waals surface area contributed by atoms with E-state index in [1.165, 1.54) is 12.0 Å². The van der Waals surface area contributed by atoms with Crippen LogP contribution in [0.2, 0.25) is 0 Å². The minimum Gasteiger partial charge on any atom is -0.497 e. The second kappa shape index (κ2) is 17.8. The van der Waals surface area contributed by atoms with Gasteiger partial charge in [-0.05, 0) is 24.1 Å². The summed E-state index contributed by atoms with van der Waals surface area (Å²) in [7, 11) is 1.68. The molecule has 0 spiro atoms. The van der Waals surface area contributed by atoms with Gasteiger partial charge in [-0.3, -0.25) is 4.79 Å². The van der Waals surface area contributed by atoms with Crippen LogP contribution in [0.15, 0.2) is 24.3 Å². The zero-order valence-electron chi connectivity index (χ0n) is 16.7. The van der Waals surface area contributed by atoms with Crippen molar-refractivity contribution < 1.29 is 14.3 Å². The highest BCUT2D eigenvalue weighted by molar-refractivity contribution is 5.73. The summed E-state index contributed by atoms with van der Waals surface area (Å²) in [5.74, 6) is 1.08. The molecule has 1 aromatic carbocycles. The molecular weight excluding hydrogens is 302 g/mol. The van der Waals surface area contributed by atoms with Crippen molar-refractivity contribution in [1.82, 2.24) is 4.90 Å². The molecule has 0 saturated carbocycles. The van der Waals surface area contributed by atoms with Gasteiger partial charge in [-0.15, -0.1) is 0 Å². The van der Waals surface area contributed by atoms with Crippen LogP contribution in [0.1, 0.15) is 53.5 Å². The van der Waals surface area contributed by atoms with E-state index >= 15 is 0 Å². The maximum Gasteiger partial charge on any atom is 0.219 e. The molecule has 140 valence electrons. The monoisotopic (exact) mass is 339 g/mol. The van der Waals surface area contributed by atoms with Crippen LogP contribution >= 0.6 is 0 Å². The van der Waals surface area contributed by atoms with Gasteiger partial charge in [0.15, 0.2) is 0 Å². The Kier molecular flexibility index (Phi) is 18.3. The summed E-state index contributed by atoms with van der Waals surface area (Å²) in [6, 6.07) is 8.13. The largest absolute Gasteiger partial charge is 0.497 e. The summed E-state index contributed by atoms with van der Waals surface area (Å²) in [4.78, 5) is 12.5. The molecule has 1 aromatic rings. The van der Waals surface area contributed by atoms with Gasteiger partial charge in [-0.1, -0.05) is 53.2 Å². The van der Waals surface area contributed by atoms with Crippen molar-refractivity contribution >= 4 is 5.91 Å². The number of nitrogens with zero attached hydrogens (tertiary/aromatic N) is 1. The van der Waals surface area contributed by atoms with Crippen molar-refractivity contribution in [2.75, 3.05) is 33.4 Å². The van der Waals surface area contributed by atoms with Crippen LogP contribution in [-0.2, 0) is 16.0 Å². The van der Waals surface area contributed by atoms with Gasteiger partial charge in [0, 0.05) is 20.0 Å². The molecule has 1 aliphatic rings. The standard InChI is InChI=1S/C9H12O.C6H11NO2.C3H8.C2H6/c1-3-8-4-6-9(10-2)7-5-8;1-6(8)7-2-4-9-5-3-7;1-3-2;1-2/h4-7H,3H2,1-2H3;2-5H2,1H3;3H2,1-2H3;1-2H3. The number of ether oxygens (including phenoxy) is 2.